The first kappa shape index (κ1) is 28.8. The number of piperazine rings is 1. The van der Waals surface area contributed by atoms with Gasteiger partial charge in [-0.2, -0.15) is 15.2 Å². The van der Waals surface area contributed by atoms with Crippen LogP contribution in [-0.2, 0) is 21.5 Å². The fourth-order valence-electron chi connectivity index (χ4n) is 6.66. The van der Waals surface area contributed by atoms with Crippen LogP contribution in [0.5, 0.6) is 11.8 Å². The second kappa shape index (κ2) is 11.1. The van der Waals surface area contributed by atoms with E-state index in [1.54, 1.807) is 0 Å². The highest BCUT2D eigenvalue weighted by Crippen LogP contribution is 2.58. The van der Waals surface area contributed by atoms with Crippen molar-refractivity contribution in [2.24, 2.45) is 0 Å². The first-order valence-electron chi connectivity index (χ1n) is 14.5. The standard InChI is InChI=1S/C30H33F2N7O4/c1-18(31)28(42)38-14-13-37(16-19(38)8-11-33)27-21-15-24(41)39(25-22(32)6-3-7-23(25)40)30(9-10-30)26(21)34-29(35-27)43-17-20-5-4-12-36(20)2/h3,6-7,19-20,40H,1,4-5,8-10,12-17H2,2H3/t19-,20-/m0/s1. The molecule has 1 N–H and O–H groups in total. The third kappa shape index (κ3) is 5.03. The number of likely N-dealkylation sites (N-methyl/N-ethyl adjacent to an activating group) is 1. The van der Waals surface area contributed by atoms with Crippen LogP contribution in [0.25, 0.3) is 0 Å². The van der Waals surface area contributed by atoms with E-state index in [4.69, 9.17) is 14.7 Å². The number of aromatic hydroxyl groups is 1. The second-order valence-electron chi connectivity index (χ2n) is 11.7. The van der Waals surface area contributed by atoms with Crippen LogP contribution in [0.2, 0.25) is 0 Å². The molecule has 3 fully saturated rings. The molecule has 4 heterocycles. The molecule has 1 aliphatic carbocycles. The maximum Gasteiger partial charge on any atom is 0.318 e. The van der Waals surface area contributed by atoms with Gasteiger partial charge >= 0.3 is 6.01 Å². The molecule has 43 heavy (non-hydrogen) atoms. The fraction of sp³-hybridized carbons (Fsp3) is 0.500. The zero-order valence-electron chi connectivity index (χ0n) is 23.9. The zero-order valence-corrected chi connectivity index (χ0v) is 23.9. The average Bonchev–Trinajstić information content (AvgIpc) is 3.65. The van der Waals surface area contributed by atoms with Crippen molar-refractivity contribution in [2.45, 2.75) is 56.1 Å². The van der Waals surface area contributed by atoms with Gasteiger partial charge in [0.1, 0.15) is 23.9 Å². The van der Waals surface area contributed by atoms with Crippen LogP contribution in [0.1, 0.15) is 43.4 Å². The molecule has 3 aliphatic heterocycles. The molecule has 1 aromatic carbocycles. The molecule has 2 amide bonds. The number of nitrogens with zero attached hydrogens (tertiary/aromatic N) is 7. The topological polar surface area (TPSA) is 126 Å². The molecule has 11 nitrogen and oxygen atoms in total. The Morgan fingerprint density at radius 2 is 2.05 bits per heavy atom. The lowest BCUT2D eigenvalue weighted by molar-refractivity contribution is -0.131. The number of fused-ring (bicyclic) bond motifs is 2. The molecular formula is C30H33F2N7O4. The SMILES string of the molecule is C=C(F)C(=O)N1CCN(c2nc(OC[C@@H]3CCCN3C)nc3c2CC(=O)N(c2c(O)cccc2F)C32CC2)C[C@@H]1CC#N. The number of hydrogen-bond donors (Lipinski definition) is 1. The number of aromatic nitrogens is 2. The van der Waals surface area contributed by atoms with Crippen LogP contribution in [0.15, 0.2) is 30.6 Å². The van der Waals surface area contributed by atoms with Crippen LogP contribution < -0.4 is 14.5 Å². The van der Waals surface area contributed by atoms with Crippen LogP contribution in [0.3, 0.4) is 0 Å². The largest absolute Gasteiger partial charge is 0.506 e. The normalized spacial score (nSPS) is 22.8. The average molecular weight is 594 g/mol. The van der Waals surface area contributed by atoms with E-state index in [9.17, 15) is 24.3 Å². The number of benzene rings is 1. The predicted molar refractivity (Wildman–Crippen MR) is 152 cm³/mol. The molecule has 1 saturated carbocycles. The second-order valence-corrected chi connectivity index (χ2v) is 11.7. The molecule has 0 unspecified atom stereocenters. The summed E-state index contributed by atoms with van der Waals surface area (Å²) in [4.78, 5) is 42.5. The molecule has 2 saturated heterocycles. The summed E-state index contributed by atoms with van der Waals surface area (Å²) >= 11 is 0. The molecule has 0 bridgehead atoms. The Morgan fingerprint density at radius 3 is 2.70 bits per heavy atom. The van der Waals surface area contributed by atoms with Crippen molar-refractivity contribution in [1.82, 2.24) is 19.8 Å². The van der Waals surface area contributed by atoms with Crippen molar-refractivity contribution in [3.63, 3.8) is 0 Å². The number of para-hydroxylation sites is 1. The summed E-state index contributed by atoms with van der Waals surface area (Å²) < 4.78 is 35.0. The monoisotopic (exact) mass is 593 g/mol. The number of phenols is 1. The van der Waals surface area contributed by atoms with Crippen molar-refractivity contribution in [1.29, 1.82) is 5.26 Å². The van der Waals surface area contributed by atoms with E-state index in [0.717, 1.165) is 19.4 Å². The number of carbonyl (C=O) groups is 2. The smallest absolute Gasteiger partial charge is 0.318 e. The minimum absolute atomic E-state index is 0.0383. The van der Waals surface area contributed by atoms with E-state index in [1.165, 1.54) is 28.0 Å². The maximum absolute atomic E-state index is 15.1. The molecule has 226 valence electrons. The van der Waals surface area contributed by atoms with Gasteiger partial charge in [0.2, 0.25) is 5.91 Å². The maximum atomic E-state index is 15.1. The molecule has 1 spiro atoms. The number of likely N-dealkylation sites (tertiary alicyclic amines) is 1. The number of carbonyl (C=O) groups excluding carboxylic acids is 2. The number of rotatable bonds is 7. The molecule has 2 atom stereocenters. The highest BCUT2D eigenvalue weighted by molar-refractivity contribution is 6.01. The molecule has 4 aliphatic rings. The van der Waals surface area contributed by atoms with Crippen molar-refractivity contribution >= 4 is 23.3 Å². The minimum atomic E-state index is -1.10. The van der Waals surface area contributed by atoms with Crippen LogP contribution in [0, 0.1) is 17.1 Å². The number of phenolic OH excluding ortho intramolecular Hbond substituents is 1. The Kier molecular flexibility index (Phi) is 7.41. The van der Waals surface area contributed by atoms with Crippen LogP contribution in [-0.4, -0.2) is 88.6 Å². The van der Waals surface area contributed by atoms with Gasteiger partial charge in [0.25, 0.3) is 5.91 Å². The lowest BCUT2D eigenvalue weighted by Crippen LogP contribution is -2.56. The van der Waals surface area contributed by atoms with Gasteiger partial charge < -0.3 is 24.5 Å². The van der Waals surface area contributed by atoms with E-state index >= 15 is 4.39 Å². The molecule has 6 rings (SSSR count). The Morgan fingerprint density at radius 1 is 1.26 bits per heavy atom. The van der Waals surface area contributed by atoms with Crippen molar-refractivity contribution in [3.05, 3.63) is 47.7 Å². The van der Waals surface area contributed by atoms with E-state index in [-0.39, 0.29) is 56.0 Å². The molecular weight excluding hydrogens is 560 g/mol. The van der Waals surface area contributed by atoms with Gasteiger partial charge in [0.05, 0.1) is 36.2 Å². The van der Waals surface area contributed by atoms with Gasteiger partial charge in [0.15, 0.2) is 11.6 Å². The number of hydrogen-bond acceptors (Lipinski definition) is 9. The van der Waals surface area contributed by atoms with Gasteiger partial charge in [-0.05, 0) is 51.4 Å². The summed E-state index contributed by atoms with van der Waals surface area (Å²) in [5.74, 6) is -2.98. The number of nitriles is 1. The Hall–Kier alpha value is -4.31. The number of halogens is 2. The van der Waals surface area contributed by atoms with E-state index < -0.39 is 35.0 Å². The molecule has 2 aromatic rings. The summed E-state index contributed by atoms with van der Waals surface area (Å²) in [6.45, 7) is 4.98. The summed E-state index contributed by atoms with van der Waals surface area (Å²) in [5, 5.41) is 20.1. The zero-order chi connectivity index (χ0) is 30.5. The minimum Gasteiger partial charge on any atom is -0.506 e. The predicted octanol–water partition coefficient (Wildman–Crippen LogP) is 2.79. The first-order valence-corrected chi connectivity index (χ1v) is 14.5. The van der Waals surface area contributed by atoms with Crippen molar-refractivity contribution in [2.75, 3.05) is 49.6 Å². The lowest BCUT2D eigenvalue weighted by atomic mass is 9.93. The first-order chi connectivity index (χ1) is 20.6. The summed E-state index contributed by atoms with van der Waals surface area (Å²) in [5.41, 5.74) is -0.0778. The Balaban J connectivity index is 1.41. The van der Waals surface area contributed by atoms with Gasteiger partial charge in [0, 0.05) is 31.2 Å². The Bertz CT molecular complexity index is 1500. The summed E-state index contributed by atoms with van der Waals surface area (Å²) in [7, 11) is 2.03. The van der Waals surface area contributed by atoms with Gasteiger partial charge in [-0.3, -0.25) is 14.5 Å². The van der Waals surface area contributed by atoms with Crippen molar-refractivity contribution in [3.8, 4) is 17.8 Å². The third-order valence-electron chi connectivity index (χ3n) is 9.00. The highest BCUT2D eigenvalue weighted by Gasteiger charge is 2.59. The molecule has 13 heteroatoms. The Labute approximate surface area is 248 Å². The van der Waals surface area contributed by atoms with E-state index in [1.807, 2.05) is 11.9 Å². The number of amides is 2. The van der Waals surface area contributed by atoms with E-state index in [0.29, 0.717) is 36.5 Å². The van der Waals surface area contributed by atoms with Crippen LogP contribution >= 0.6 is 0 Å². The lowest BCUT2D eigenvalue weighted by Gasteiger charge is -2.43. The third-order valence-corrected chi connectivity index (χ3v) is 9.00. The summed E-state index contributed by atoms with van der Waals surface area (Å²) in [6.07, 6.45) is 2.83. The molecule has 0 radical (unpaired) electrons. The van der Waals surface area contributed by atoms with Crippen molar-refractivity contribution < 1.29 is 28.2 Å². The van der Waals surface area contributed by atoms with E-state index in [2.05, 4.69) is 17.5 Å². The fourth-order valence-corrected chi connectivity index (χ4v) is 6.66. The number of anilines is 2. The van der Waals surface area contributed by atoms with Gasteiger partial charge in [-0.15, -0.1) is 0 Å². The van der Waals surface area contributed by atoms with Crippen LogP contribution in [0.4, 0.5) is 20.3 Å². The van der Waals surface area contributed by atoms with Gasteiger partial charge in [-0.25, -0.2) is 8.78 Å². The van der Waals surface area contributed by atoms with Gasteiger partial charge in [-0.1, -0.05) is 12.6 Å². The summed E-state index contributed by atoms with van der Waals surface area (Å²) in [6, 6.07) is 5.66. The quantitative estimate of drug-likeness (QED) is 0.483. The number of ether oxygens (including phenoxy) is 1. The molecule has 1 aromatic heterocycles. The highest BCUT2D eigenvalue weighted by atomic mass is 19.1.